The molecule has 0 aromatic heterocycles. The Hall–Kier alpha value is 0.347. The summed E-state index contributed by atoms with van der Waals surface area (Å²) in [5, 5.41) is 25.9. The first-order chi connectivity index (χ1) is 9.80. The normalized spacial score (nSPS) is 18.3. The van der Waals surface area contributed by atoms with Gasteiger partial charge in [0.2, 0.25) is 0 Å². The summed E-state index contributed by atoms with van der Waals surface area (Å²) in [6, 6.07) is 2.69. The van der Waals surface area contributed by atoms with Crippen LogP contribution in [0.4, 0.5) is 0 Å². The number of halogens is 1. The highest BCUT2D eigenvalue weighted by Gasteiger charge is 2.43. The zero-order valence-electron chi connectivity index (χ0n) is 13.9. The van der Waals surface area contributed by atoms with Crippen LogP contribution in [-0.2, 0) is 0 Å². The second-order valence-corrected chi connectivity index (χ2v) is 13.4. The van der Waals surface area contributed by atoms with Gasteiger partial charge in [0.05, 0.1) is 19.8 Å². The molecule has 3 N–H and O–H groups in total. The topological polar surface area (TPSA) is 63.9 Å². The predicted molar refractivity (Wildman–Crippen MR) is 92.5 cm³/mol. The fraction of sp³-hybridized carbons (Fsp3) is 1.00. The zero-order chi connectivity index (χ0) is 16.4. The summed E-state index contributed by atoms with van der Waals surface area (Å²) < 4.78 is 0. The molecule has 0 atom stereocenters. The lowest BCUT2D eigenvalue weighted by Gasteiger charge is -2.40. The second-order valence-electron chi connectivity index (χ2n) is 6.79. The minimum atomic E-state index is -1.37. The SMILES string of the molecule is CC(C)(C)[Si]1(Cl)CCCCC1.OCCN(CCO)CCO. The average Bonchev–Trinajstić information content (AvgIpc) is 2.40. The number of hydrogen-bond donors (Lipinski definition) is 3. The smallest absolute Gasteiger partial charge is 0.161 e. The van der Waals surface area contributed by atoms with Crippen LogP contribution in [0.25, 0.3) is 0 Å². The molecule has 4 nitrogen and oxygen atoms in total. The van der Waals surface area contributed by atoms with Crippen LogP contribution in [-0.4, -0.2) is 67.1 Å². The van der Waals surface area contributed by atoms with Crippen LogP contribution in [0.2, 0.25) is 17.1 Å². The Kier molecular flexibility index (Phi) is 11.2. The van der Waals surface area contributed by atoms with E-state index in [1.165, 1.54) is 31.4 Å². The van der Waals surface area contributed by atoms with E-state index in [-0.39, 0.29) is 19.8 Å². The number of rotatable bonds is 6. The van der Waals surface area contributed by atoms with Crippen molar-refractivity contribution in [1.82, 2.24) is 4.90 Å². The minimum absolute atomic E-state index is 0.0694. The minimum Gasteiger partial charge on any atom is -0.395 e. The molecule has 21 heavy (non-hydrogen) atoms. The first kappa shape index (κ1) is 21.3. The molecule has 1 aliphatic heterocycles. The maximum absolute atomic E-state index is 8.48. The highest BCUT2D eigenvalue weighted by atomic mass is 35.6. The predicted octanol–water partition coefficient (Wildman–Crippen LogP) is 2.42. The maximum atomic E-state index is 8.48. The Balaban J connectivity index is 0.000000384. The number of nitrogens with zero attached hydrogens (tertiary/aromatic N) is 1. The Morgan fingerprint density at radius 1 is 0.857 bits per heavy atom. The molecule has 0 radical (unpaired) electrons. The van der Waals surface area contributed by atoms with E-state index in [1.807, 2.05) is 0 Å². The van der Waals surface area contributed by atoms with E-state index in [9.17, 15) is 0 Å². The number of hydrogen-bond acceptors (Lipinski definition) is 4. The fourth-order valence-electron chi connectivity index (χ4n) is 2.62. The molecule has 0 aliphatic carbocycles. The van der Waals surface area contributed by atoms with Gasteiger partial charge in [-0.15, -0.1) is 0 Å². The molecule has 1 heterocycles. The van der Waals surface area contributed by atoms with Crippen LogP contribution in [0.5, 0.6) is 0 Å². The first-order valence-electron chi connectivity index (χ1n) is 8.04. The molecule has 1 aliphatic rings. The van der Waals surface area contributed by atoms with Crippen molar-refractivity contribution in [3.8, 4) is 0 Å². The first-order valence-corrected chi connectivity index (χ1v) is 11.5. The van der Waals surface area contributed by atoms with Gasteiger partial charge in [-0.2, -0.15) is 11.1 Å². The van der Waals surface area contributed by atoms with Crippen LogP contribution in [0, 0.1) is 0 Å². The van der Waals surface area contributed by atoms with Crippen molar-refractivity contribution in [3.05, 3.63) is 0 Å². The van der Waals surface area contributed by atoms with Crippen molar-refractivity contribution in [1.29, 1.82) is 0 Å². The largest absolute Gasteiger partial charge is 0.395 e. The Labute approximate surface area is 135 Å². The maximum Gasteiger partial charge on any atom is 0.161 e. The Morgan fingerprint density at radius 2 is 1.24 bits per heavy atom. The van der Waals surface area contributed by atoms with E-state index in [1.54, 1.807) is 4.90 Å². The molecule has 1 rings (SSSR count). The van der Waals surface area contributed by atoms with Gasteiger partial charge in [0.25, 0.3) is 0 Å². The summed E-state index contributed by atoms with van der Waals surface area (Å²) in [4.78, 5) is 1.79. The van der Waals surface area contributed by atoms with Gasteiger partial charge < -0.3 is 15.3 Å². The highest BCUT2D eigenvalue weighted by molar-refractivity contribution is 7.21. The summed E-state index contributed by atoms with van der Waals surface area (Å²) in [5.41, 5.74) is 0. The van der Waals surface area contributed by atoms with Gasteiger partial charge in [-0.25, -0.2) is 0 Å². The lowest BCUT2D eigenvalue weighted by molar-refractivity contribution is 0.136. The van der Waals surface area contributed by atoms with Crippen molar-refractivity contribution in [2.24, 2.45) is 0 Å². The van der Waals surface area contributed by atoms with Crippen molar-refractivity contribution in [2.45, 2.75) is 57.2 Å². The fourth-order valence-corrected chi connectivity index (χ4v) is 6.79. The Morgan fingerprint density at radius 3 is 1.48 bits per heavy atom. The molecule has 1 fully saturated rings. The van der Waals surface area contributed by atoms with Crippen LogP contribution < -0.4 is 0 Å². The van der Waals surface area contributed by atoms with Gasteiger partial charge in [0.15, 0.2) is 7.38 Å². The van der Waals surface area contributed by atoms with Crippen molar-refractivity contribution in [2.75, 3.05) is 39.5 Å². The number of aliphatic hydroxyl groups is 3. The quantitative estimate of drug-likeness (QED) is 0.513. The summed E-state index contributed by atoms with van der Waals surface area (Å²) in [5.74, 6) is 0. The summed E-state index contributed by atoms with van der Waals surface area (Å²) in [6.07, 6.45) is 4.18. The van der Waals surface area contributed by atoms with Crippen molar-refractivity contribution in [3.63, 3.8) is 0 Å². The van der Waals surface area contributed by atoms with Crippen molar-refractivity contribution >= 4 is 18.5 Å². The van der Waals surface area contributed by atoms with E-state index in [0.717, 1.165) is 0 Å². The molecule has 128 valence electrons. The third kappa shape index (κ3) is 8.52. The summed E-state index contributed by atoms with van der Waals surface area (Å²) in [7, 11) is -1.37. The van der Waals surface area contributed by atoms with E-state index >= 15 is 0 Å². The molecule has 0 amide bonds. The van der Waals surface area contributed by atoms with E-state index in [0.29, 0.717) is 24.7 Å². The standard InChI is InChI=1S/C9H19ClSi.C6H15NO3/c1-9(2,3)11(10)7-5-4-6-8-11;8-4-1-7(2-5-9)3-6-10/h4-8H2,1-3H3;8-10H,1-6H2. The molecular formula is C15H34ClNO3Si. The van der Waals surface area contributed by atoms with Gasteiger partial charge in [0, 0.05) is 19.6 Å². The van der Waals surface area contributed by atoms with E-state index < -0.39 is 7.38 Å². The molecule has 0 spiro atoms. The number of aliphatic hydroxyl groups excluding tert-OH is 3. The van der Waals surface area contributed by atoms with E-state index in [4.69, 9.17) is 26.4 Å². The van der Waals surface area contributed by atoms with Crippen LogP contribution in [0.1, 0.15) is 40.0 Å². The monoisotopic (exact) mass is 339 g/mol. The van der Waals surface area contributed by atoms with E-state index in [2.05, 4.69) is 20.8 Å². The molecule has 0 aromatic carbocycles. The molecule has 0 saturated carbocycles. The highest BCUT2D eigenvalue weighted by Crippen LogP contribution is 2.48. The van der Waals surface area contributed by atoms with Crippen LogP contribution >= 0.6 is 11.1 Å². The Bertz CT molecular complexity index is 242. The van der Waals surface area contributed by atoms with Gasteiger partial charge >= 0.3 is 0 Å². The molecule has 0 aromatic rings. The van der Waals surface area contributed by atoms with Gasteiger partial charge in [0.1, 0.15) is 0 Å². The summed E-state index contributed by atoms with van der Waals surface area (Å²) in [6.45, 7) is 8.70. The average molecular weight is 340 g/mol. The molecule has 1 saturated heterocycles. The van der Waals surface area contributed by atoms with Gasteiger partial charge in [-0.05, 0) is 17.1 Å². The molecular weight excluding hydrogens is 306 g/mol. The molecule has 0 bridgehead atoms. The second kappa shape index (κ2) is 11.0. The van der Waals surface area contributed by atoms with Crippen LogP contribution in [0.15, 0.2) is 0 Å². The third-order valence-corrected chi connectivity index (χ3v) is 12.1. The summed E-state index contributed by atoms with van der Waals surface area (Å²) >= 11 is 6.69. The van der Waals surface area contributed by atoms with Gasteiger partial charge in [-0.3, -0.25) is 4.90 Å². The van der Waals surface area contributed by atoms with Crippen LogP contribution in [0.3, 0.4) is 0 Å². The van der Waals surface area contributed by atoms with Gasteiger partial charge in [-0.1, -0.05) is 40.0 Å². The lowest BCUT2D eigenvalue weighted by Crippen LogP contribution is -2.39. The molecule has 0 unspecified atom stereocenters. The zero-order valence-corrected chi connectivity index (χ0v) is 15.7. The van der Waals surface area contributed by atoms with Crippen molar-refractivity contribution < 1.29 is 15.3 Å². The lowest BCUT2D eigenvalue weighted by atomic mass is 10.2. The molecule has 6 heteroatoms. The third-order valence-electron chi connectivity index (χ3n) is 4.24.